The van der Waals surface area contributed by atoms with Gasteiger partial charge in [0.25, 0.3) is 5.91 Å². The molecule has 4 rings (SSSR count). The monoisotopic (exact) mass is 511 g/mol. The van der Waals surface area contributed by atoms with Crippen molar-refractivity contribution < 1.29 is 29.0 Å². The molecule has 9 heteroatoms. The standard InChI is InChI=1S/C28H37N3O6/c1-5-14-29(15-6-2)25(33)22-21-12-13-28(37-21)23(22)26(34)31(17-18-32)24(28)27(35)30(16-7-3)19-8-10-20(36-4)11-9-19/h5,7-11,21-24,32H,1,3,6,12-18H2,2,4H3/t21-,22+,23-,24?,28?/m0/s1. The van der Waals surface area contributed by atoms with Crippen LogP contribution in [0.4, 0.5) is 5.69 Å². The molecule has 3 aliphatic heterocycles. The molecule has 0 radical (unpaired) electrons. The number of benzene rings is 1. The maximum absolute atomic E-state index is 14.2. The van der Waals surface area contributed by atoms with Crippen molar-refractivity contribution in [2.45, 2.75) is 43.9 Å². The van der Waals surface area contributed by atoms with E-state index in [1.807, 2.05) is 6.92 Å². The summed E-state index contributed by atoms with van der Waals surface area (Å²) in [5.41, 5.74) is -0.492. The van der Waals surface area contributed by atoms with E-state index in [0.717, 1.165) is 6.42 Å². The van der Waals surface area contributed by atoms with Crippen LogP contribution in [-0.4, -0.2) is 90.3 Å². The van der Waals surface area contributed by atoms with Gasteiger partial charge >= 0.3 is 0 Å². The predicted molar refractivity (Wildman–Crippen MR) is 139 cm³/mol. The molecule has 1 spiro atoms. The quantitative estimate of drug-likeness (QED) is 0.431. The van der Waals surface area contributed by atoms with Gasteiger partial charge in [-0.15, -0.1) is 13.2 Å². The van der Waals surface area contributed by atoms with E-state index < -0.39 is 29.6 Å². The van der Waals surface area contributed by atoms with E-state index >= 15 is 0 Å². The fourth-order valence-electron chi connectivity index (χ4n) is 6.35. The van der Waals surface area contributed by atoms with Crippen LogP contribution >= 0.6 is 0 Å². The second-order valence-electron chi connectivity index (χ2n) is 9.82. The average molecular weight is 512 g/mol. The summed E-state index contributed by atoms with van der Waals surface area (Å²) in [6, 6.07) is 6.12. The topological polar surface area (TPSA) is 99.6 Å². The van der Waals surface area contributed by atoms with E-state index in [0.29, 0.717) is 37.4 Å². The second kappa shape index (κ2) is 11.1. The summed E-state index contributed by atoms with van der Waals surface area (Å²) in [7, 11) is 1.57. The van der Waals surface area contributed by atoms with Gasteiger partial charge in [0.15, 0.2) is 0 Å². The van der Waals surface area contributed by atoms with Gasteiger partial charge in [-0.05, 0) is 43.5 Å². The molecule has 0 aromatic heterocycles. The Morgan fingerprint density at radius 3 is 2.51 bits per heavy atom. The van der Waals surface area contributed by atoms with Crippen molar-refractivity contribution in [1.29, 1.82) is 0 Å². The molecular weight excluding hydrogens is 474 g/mol. The number of hydrogen-bond donors (Lipinski definition) is 1. The minimum atomic E-state index is -1.12. The summed E-state index contributed by atoms with van der Waals surface area (Å²) < 4.78 is 11.7. The molecule has 1 aromatic rings. The summed E-state index contributed by atoms with van der Waals surface area (Å²) in [4.78, 5) is 46.5. The van der Waals surface area contributed by atoms with Crippen LogP contribution in [0, 0.1) is 11.8 Å². The number of rotatable bonds is 12. The largest absolute Gasteiger partial charge is 0.497 e. The number of likely N-dealkylation sites (tertiary alicyclic amines) is 1. The number of nitrogens with zero attached hydrogens (tertiary/aromatic N) is 3. The third kappa shape index (κ3) is 4.44. The number of hydrogen-bond acceptors (Lipinski definition) is 6. The number of amides is 3. The Balaban J connectivity index is 1.73. The van der Waals surface area contributed by atoms with Crippen LogP contribution in [0.25, 0.3) is 0 Å². The van der Waals surface area contributed by atoms with E-state index in [4.69, 9.17) is 9.47 Å². The van der Waals surface area contributed by atoms with E-state index in [2.05, 4.69) is 13.2 Å². The molecule has 0 aliphatic carbocycles. The van der Waals surface area contributed by atoms with Gasteiger partial charge in [0, 0.05) is 31.9 Å². The molecule has 3 heterocycles. The lowest BCUT2D eigenvalue weighted by Gasteiger charge is -2.36. The highest BCUT2D eigenvalue weighted by molar-refractivity contribution is 6.05. The average Bonchev–Trinajstić information content (AvgIpc) is 3.54. The second-order valence-corrected chi connectivity index (χ2v) is 9.82. The van der Waals surface area contributed by atoms with Crippen molar-refractivity contribution >= 4 is 23.4 Å². The minimum absolute atomic E-state index is 0.0156. The molecule has 2 unspecified atom stereocenters. The van der Waals surface area contributed by atoms with Gasteiger partial charge in [0.2, 0.25) is 11.8 Å². The first-order chi connectivity index (χ1) is 17.9. The number of β-amino-alcohol motifs (C(OH)–C–C–N with tert-alkyl or cyclic N) is 1. The number of carbonyl (C=O) groups excluding carboxylic acids is 3. The van der Waals surface area contributed by atoms with Crippen LogP contribution in [0.3, 0.4) is 0 Å². The number of anilines is 1. The van der Waals surface area contributed by atoms with E-state index in [-0.39, 0.29) is 37.4 Å². The molecule has 2 bridgehead atoms. The van der Waals surface area contributed by atoms with Crippen LogP contribution in [0.1, 0.15) is 26.2 Å². The summed E-state index contributed by atoms with van der Waals surface area (Å²) >= 11 is 0. The van der Waals surface area contributed by atoms with Crippen LogP contribution in [-0.2, 0) is 19.1 Å². The van der Waals surface area contributed by atoms with Gasteiger partial charge in [-0.2, -0.15) is 0 Å². The first-order valence-corrected chi connectivity index (χ1v) is 12.9. The maximum atomic E-state index is 14.2. The molecule has 200 valence electrons. The zero-order valence-corrected chi connectivity index (χ0v) is 21.7. The van der Waals surface area contributed by atoms with Gasteiger partial charge in [-0.1, -0.05) is 19.1 Å². The number of ether oxygens (including phenoxy) is 2. The molecule has 1 N–H and O–H groups in total. The van der Waals surface area contributed by atoms with Gasteiger partial charge < -0.3 is 29.3 Å². The van der Waals surface area contributed by atoms with Gasteiger partial charge in [0.05, 0.1) is 31.7 Å². The normalized spacial score (nSPS) is 27.6. The zero-order valence-electron chi connectivity index (χ0n) is 21.7. The number of carbonyl (C=O) groups is 3. The van der Waals surface area contributed by atoms with Crippen LogP contribution in [0.5, 0.6) is 5.75 Å². The Labute approximate surface area is 218 Å². The maximum Gasteiger partial charge on any atom is 0.253 e. The zero-order chi connectivity index (χ0) is 26.7. The highest BCUT2D eigenvalue weighted by Gasteiger charge is 2.74. The molecule has 1 aromatic carbocycles. The highest BCUT2D eigenvalue weighted by Crippen LogP contribution is 2.59. The van der Waals surface area contributed by atoms with E-state index in [9.17, 15) is 19.5 Å². The molecule has 3 aliphatic rings. The van der Waals surface area contributed by atoms with Crippen molar-refractivity contribution in [2.75, 3.05) is 44.8 Å². The van der Waals surface area contributed by atoms with E-state index in [1.54, 1.807) is 53.3 Å². The molecule has 9 nitrogen and oxygen atoms in total. The molecule has 0 saturated carbocycles. The summed E-state index contributed by atoms with van der Waals surface area (Å²) in [6.07, 6.45) is 4.75. The summed E-state index contributed by atoms with van der Waals surface area (Å²) in [5.74, 6) is -1.55. The number of methoxy groups -OCH3 is 1. The highest BCUT2D eigenvalue weighted by atomic mass is 16.5. The Bertz CT molecular complexity index is 1040. The molecule has 3 amide bonds. The molecule has 3 fully saturated rings. The first kappa shape index (κ1) is 26.9. The third-order valence-electron chi connectivity index (χ3n) is 7.78. The van der Waals surface area contributed by atoms with Crippen LogP contribution < -0.4 is 9.64 Å². The first-order valence-electron chi connectivity index (χ1n) is 12.9. The van der Waals surface area contributed by atoms with Crippen molar-refractivity contribution in [1.82, 2.24) is 9.80 Å². The van der Waals surface area contributed by atoms with Gasteiger partial charge in [-0.25, -0.2) is 0 Å². The van der Waals surface area contributed by atoms with Crippen molar-refractivity contribution in [3.63, 3.8) is 0 Å². The lowest BCUT2D eigenvalue weighted by molar-refractivity contribution is -0.145. The lowest BCUT2D eigenvalue weighted by atomic mass is 9.70. The Kier molecular flexibility index (Phi) is 8.04. The van der Waals surface area contributed by atoms with Crippen molar-refractivity contribution in [2.24, 2.45) is 11.8 Å². The van der Waals surface area contributed by atoms with Crippen molar-refractivity contribution in [3.8, 4) is 5.75 Å². The number of aliphatic hydroxyl groups is 1. The molecular formula is C28H37N3O6. The third-order valence-corrected chi connectivity index (χ3v) is 7.78. The SMILES string of the molecule is C=CCN(CCC)C(=O)[C@@H]1[C@@H]2CCC3(O2)C(C(=O)N(CC=C)c2ccc(OC)cc2)N(CCO)C(=O)[C@H]13. The van der Waals surface area contributed by atoms with Gasteiger partial charge in [-0.3, -0.25) is 14.4 Å². The fourth-order valence-corrected chi connectivity index (χ4v) is 6.35. The summed E-state index contributed by atoms with van der Waals surface area (Å²) in [5, 5.41) is 9.82. The molecule has 3 saturated heterocycles. The Morgan fingerprint density at radius 2 is 1.92 bits per heavy atom. The number of aliphatic hydroxyl groups excluding tert-OH is 1. The van der Waals surface area contributed by atoms with Gasteiger partial charge in [0.1, 0.15) is 17.4 Å². The van der Waals surface area contributed by atoms with Crippen LogP contribution in [0.15, 0.2) is 49.6 Å². The minimum Gasteiger partial charge on any atom is -0.497 e. The predicted octanol–water partition coefficient (Wildman–Crippen LogP) is 2.01. The molecule has 37 heavy (non-hydrogen) atoms. The fraction of sp³-hybridized carbons (Fsp3) is 0.536. The number of fused-ring (bicyclic) bond motifs is 1. The van der Waals surface area contributed by atoms with E-state index in [1.165, 1.54) is 4.90 Å². The smallest absolute Gasteiger partial charge is 0.253 e. The lowest BCUT2D eigenvalue weighted by Crippen LogP contribution is -2.57. The molecule has 5 atom stereocenters. The Morgan fingerprint density at radius 1 is 1.22 bits per heavy atom. The Hall–Kier alpha value is -3.17. The van der Waals surface area contributed by atoms with Crippen LogP contribution in [0.2, 0.25) is 0 Å². The summed E-state index contributed by atoms with van der Waals surface area (Å²) in [6.45, 7) is 10.4. The van der Waals surface area contributed by atoms with Crippen molar-refractivity contribution in [3.05, 3.63) is 49.6 Å².